The van der Waals surface area contributed by atoms with E-state index in [1.54, 1.807) is 4.57 Å². The molecule has 30 heavy (non-hydrogen) atoms. The molecule has 1 aliphatic carbocycles. The molecule has 166 valence electrons. The summed E-state index contributed by atoms with van der Waals surface area (Å²) in [4.78, 5) is 41.4. The van der Waals surface area contributed by atoms with E-state index in [-0.39, 0.29) is 18.4 Å². The molecule has 1 saturated carbocycles. The van der Waals surface area contributed by atoms with Crippen molar-refractivity contribution < 1.29 is 37.8 Å². The van der Waals surface area contributed by atoms with Gasteiger partial charge in [-0.1, -0.05) is 6.92 Å². The van der Waals surface area contributed by atoms with Crippen molar-refractivity contribution in [3.63, 3.8) is 0 Å². The van der Waals surface area contributed by atoms with Gasteiger partial charge in [0.25, 0.3) is 0 Å². The molecule has 0 aromatic carbocycles. The Hall–Kier alpha value is -1.43. The smallest absolute Gasteiger partial charge is 0.328 e. The van der Waals surface area contributed by atoms with Crippen LogP contribution in [0.5, 0.6) is 0 Å². The van der Waals surface area contributed by atoms with Gasteiger partial charge >= 0.3 is 15.2 Å². The first-order valence-electron chi connectivity index (χ1n) is 9.24. The number of nitrogens with zero attached hydrogens (tertiary/aromatic N) is 4. The second-order valence-electron chi connectivity index (χ2n) is 7.35. The molecule has 2 aliphatic rings. The highest BCUT2D eigenvalue weighted by atomic mass is 31.2. The van der Waals surface area contributed by atoms with E-state index in [9.17, 15) is 23.8 Å². The average molecular weight is 463 g/mol. The Kier molecular flexibility index (Phi) is 5.53. The van der Waals surface area contributed by atoms with Gasteiger partial charge in [-0.25, -0.2) is 15.0 Å². The number of ether oxygens (including phenoxy) is 2. The highest BCUT2D eigenvalue weighted by molar-refractivity contribution is 7.53. The molecule has 1 saturated heterocycles. The van der Waals surface area contributed by atoms with Crippen LogP contribution in [-0.4, -0.2) is 71.4 Å². The van der Waals surface area contributed by atoms with Crippen LogP contribution in [-0.2, 0) is 23.1 Å². The SMILES string of the molecule is CCP(=O)(O)OC1C(C2CC2P(=O)(O)O)OC(n2cnc3c(N)ncnc32)C1OC. The van der Waals surface area contributed by atoms with Gasteiger partial charge < -0.3 is 29.9 Å². The Bertz CT molecular complexity index is 1040. The highest BCUT2D eigenvalue weighted by Crippen LogP contribution is 2.62. The van der Waals surface area contributed by atoms with Gasteiger partial charge in [0, 0.05) is 19.2 Å². The summed E-state index contributed by atoms with van der Waals surface area (Å²) in [6.07, 6.45) is -0.885. The van der Waals surface area contributed by atoms with E-state index in [4.69, 9.17) is 19.7 Å². The minimum atomic E-state index is -4.34. The van der Waals surface area contributed by atoms with Gasteiger partial charge in [-0.3, -0.25) is 18.2 Å². The van der Waals surface area contributed by atoms with Crippen LogP contribution in [0.3, 0.4) is 0 Å². The second kappa shape index (κ2) is 7.61. The van der Waals surface area contributed by atoms with Crippen LogP contribution in [0.2, 0.25) is 0 Å². The number of hydrogen-bond donors (Lipinski definition) is 4. The normalized spacial score (nSPS) is 33.6. The Labute approximate surface area is 171 Å². The van der Waals surface area contributed by atoms with E-state index in [2.05, 4.69) is 15.0 Å². The zero-order valence-corrected chi connectivity index (χ0v) is 18.0. The predicted molar refractivity (Wildman–Crippen MR) is 104 cm³/mol. The maximum absolute atomic E-state index is 12.3. The number of nitrogens with two attached hydrogens (primary N) is 1. The fraction of sp³-hybridized carbons (Fsp3) is 0.667. The van der Waals surface area contributed by atoms with Crippen molar-refractivity contribution in [1.82, 2.24) is 19.5 Å². The van der Waals surface area contributed by atoms with Gasteiger partial charge in [0.2, 0.25) is 0 Å². The lowest BCUT2D eigenvalue weighted by atomic mass is 10.1. The van der Waals surface area contributed by atoms with E-state index >= 15 is 0 Å². The van der Waals surface area contributed by atoms with Crippen LogP contribution in [0.15, 0.2) is 12.7 Å². The van der Waals surface area contributed by atoms with Crippen molar-refractivity contribution in [2.75, 3.05) is 19.0 Å². The second-order valence-corrected chi connectivity index (χ2v) is 11.3. The average Bonchev–Trinajstić information content (AvgIpc) is 3.25. The largest absolute Gasteiger partial charge is 0.382 e. The van der Waals surface area contributed by atoms with Gasteiger partial charge in [-0.15, -0.1) is 0 Å². The molecular formula is C15H23N5O8P2. The molecule has 15 heteroatoms. The number of methoxy groups -OCH3 is 1. The van der Waals surface area contributed by atoms with Crippen LogP contribution < -0.4 is 5.73 Å². The quantitative estimate of drug-likeness (QED) is 0.416. The fourth-order valence-corrected chi connectivity index (χ4v) is 5.82. The molecule has 0 spiro atoms. The Morgan fingerprint density at radius 3 is 2.60 bits per heavy atom. The van der Waals surface area contributed by atoms with Crippen molar-refractivity contribution in [3.8, 4) is 0 Å². The molecule has 2 fully saturated rings. The van der Waals surface area contributed by atoms with Crippen LogP contribution in [0.25, 0.3) is 11.2 Å². The third-order valence-electron chi connectivity index (χ3n) is 5.50. The number of anilines is 1. The Balaban J connectivity index is 1.72. The third-order valence-corrected chi connectivity index (χ3v) is 8.33. The van der Waals surface area contributed by atoms with E-state index in [0.29, 0.717) is 11.2 Å². The standard InChI is InChI=1S/C15H23N5O8P2/c1-3-29(21,22)28-11-10(7-4-8(7)30(23,24)25)27-15(12(11)26-2)20-6-19-9-13(16)17-5-18-14(9)20/h5-8,10-12,15H,3-4H2,1-2H3,(H,21,22)(H2,16,17,18)(H2,23,24,25). The third kappa shape index (κ3) is 3.80. The minimum absolute atomic E-state index is 0.137. The highest BCUT2D eigenvalue weighted by Gasteiger charge is 2.62. The summed E-state index contributed by atoms with van der Waals surface area (Å²) in [7, 11) is -6.91. The van der Waals surface area contributed by atoms with Gasteiger partial charge in [-0.05, 0) is 6.42 Å². The van der Waals surface area contributed by atoms with Crippen LogP contribution >= 0.6 is 15.2 Å². The van der Waals surface area contributed by atoms with Gasteiger partial charge in [-0.2, -0.15) is 0 Å². The molecule has 0 radical (unpaired) electrons. The molecule has 7 atom stereocenters. The number of nitrogen functional groups attached to an aromatic ring is 1. The number of imidazole rings is 1. The first-order chi connectivity index (χ1) is 14.1. The van der Waals surface area contributed by atoms with Crippen LogP contribution in [0.4, 0.5) is 5.82 Å². The molecule has 0 amide bonds. The molecule has 5 N–H and O–H groups in total. The number of hydrogen-bond acceptors (Lipinski definition) is 9. The minimum Gasteiger partial charge on any atom is -0.382 e. The summed E-state index contributed by atoms with van der Waals surface area (Å²) in [5.41, 5.74) is 5.64. The lowest BCUT2D eigenvalue weighted by Gasteiger charge is -2.25. The zero-order valence-electron chi connectivity index (χ0n) is 16.2. The summed E-state index contributed by atoms with van der Waals surface area (Å²) in [6, 6.07) is 0. The molecule has 4 rings (SSSR count). The first-order valence-corrected chi connectivity index (χ1v) is 12.7. The topological polar surface area (TPSA) is 192 Å². The lowest BCUT2D eigenvalue weighted by Crippen LogP contribution is -2.36. The molecule has 1 aliphatic heterocycles. The lowest BCUT2D eigenvalue weighted by molar-refractivity contribution is -0.0525. The molecule has 13 nitrogen and oxygen atoms in total. The first kappa shape index (κ1) is 21.8. The van der Waals surface area contributed by atoms with E-state index in [1.807, 2.05) is 0 Å². The molecule has 7 unspecified atom stereocenters. The predicted octanol–water partition coefficient (Wildman–Crippen LogP) is 0.478. The van der Waals surface area contributed by atoms with Crippen molar-refractivity contribution >= 4 is 32.2 Å². The number of aromatic nitrogens is 4. The summed E-state index contributed by atoms with van der Waals surface area (Å²) in [5, 5.41) is 0. The van der Waals surface area contributed by atoms with Crippen LogP contribution in [0.1, 0.15) is 19.6 Å². The van der Waals surface area contributed by atoms with Crippen molar-refractivity contribution in [2.24, 2.45) is 5.92 Å². The fourth-order valence-electron chi connectivity index (χ4n) is 3.87. The van der Waals surface area contributed by atoms with Crippen molar-refractivity contribution in [1.29, 1.82) is 0 Å². The van der Waals surface area contributed by atoms with E-state index in [0.717, 1.165) is 0 Å². The van der Waals surface area contributed by atoms with E-state index in [1.165, 1.54) is 26.7 Å². The van der Waals surface area contributed by atoms with E-state index < -0.39 is 51.3 Å². The Morgan fingerprint density at radius 2 is 2.00 bits per heavy atom. The summed E-state index contributed by atoms with van der Waals surface area (Å²) in [6.45, 7) is 1.50. The summed E-state index contributed by atoms with van der Waals surface area (Å²) in [5.74, 6) is -0.380. The maximum Gasteiger partial charge on any atom is 0.328 e. The van der Waals surface area contributed by atoms with Gasteiger partial charge in [0.05, 0.1) is 18.1 Å². The van der Waals surface area contributed by atoms with Crippen molar-refractivity contribution in [3.05, 3.63) is 12.7 Å². The molecule has 3 heterocycles. The summed E-state index contributed by atoms with van der Waals surface area (Å²) < 4.78 is 42.7. The molecule has 2 aromatic heterocycles. The molecule has 0 bridgehead atoms. The monoisotopic (exact) mass is 463 g/mol. The van der Waals surface area contributed by atoms with Gasteiger partial charge in [0.1, 0.15) is 24.1 Å². The van der Waals surface area contributed by atoms with Gasteiger partial charge in [0.15, 0.2) is 17.7 Å². The molecule has 2 aromatic rings. The maximum atomic E-state index is 12.3. The van der Waals surface area contributed by atoms with Crippen molar-refractivity contribution in [2.45, 2.75) is 43.5 Å². The molecular weight excluding hydrogens is 440 g/mol. The summed E-state index contributed by atoms with van der Waals surface area (Å²) >= 11 is 0. The number of fused-ring (bicyclic) bond motifs is 1. The zero-order chi connectivity index (χ0) is 21.8. The number of rotatable bonds is 7. The Morgan fingerprint density at radius 1 is 1.27 bits per heavy atom. The van der Waals surface area contributed by atoms with Crippen LogP contribution in [0, 0.1) is 5.92 Å².